The number of aromatic amines is 1. The van der Waals surface area contributed by atoms with Crippen LogP contribution in [0.5, 0.6) is 0 Å². The van der Waals surface area contributed by atoms with Crippen molar-refractivity contribution in [2.45, 2.75) is 5.75 Å². The number of ether oxygens (including phenoxy) is 1. The Balaban J connectivity index is 1.79. The van der Waals surface area contributed by atoms with Crippen LogP contribution in [-0.2, 0) is 10.5 Å². The van der Waals surface area contributed by atoms with Crippen molar-refractivity contribution in [2.75, 3.05) is 37.5 Å². The summed E-state index contributed by atoms with van der Waals surface area (Å²) in [6.45, 7) is 3.04. The van der Waals surface area contributed by atoms with E-state index in [9.17, 15) is 4.79 Å². The highest BCUT2D eigenvalue weighted by Gasteiger charge is 2.17. The first kappa shape index (κ1) is 17.8. The minimum Gasteiger partial charge on any atom is -0.378 e. The van der Waals surface area contributed by atoms with Crippen molar-refractivity contribution in [1.82, 2.24) is 15.0 Å². The van der Waals surface area contributed by atoms with E-state index in [4.69, 9.17) is 20.4 Å². The van der Waals surface area contributed by atoms with Gasteiger partial charge >= 0.3 is 0 Å². The lowest BCUT2D eigenvalue weighted by Gasteiger charge is -2.28. The third-order valence-corrected chi connectivity index (χ3v) is 5.18. The Morgan fingerprint density at radius 3 is 2.85 bits per heavy atom. The molecule has 3 aromatic rings. The van der Waals surface area contributed by atoms with Crippen LogP contribution in [0.2, 0.25) is 0 Å². The topological polar surface area (TPSA) is 97.1 Å². The molecule has 140 valence electrons. The fourth-order valence-corrected chi connectivity index (χ4v) is 3.70. The molecule has 0 bridgehead atoms. The molecule has 3 heterocycles. The van der Waals surface area contributed by atoms with Crippen LogP contribution < -0.4 is 10.6 Å². The van der Waals surface area contributed by atoms with Crippen molar-refractivity contribution in [3.8, 4) is 11.4 Å². The molecule has 1 amide bonds. The van der Waals surface area contributed by atoms with Gasteiger partial charge in [0, 0.05) is 47.6 Å². The van der Waals surface area contributed by atoms with E-state index in [-0.39, 0.29) is 0 Å². The van der Waals surface area contributed by atoms with Crippen LogP contribution in [0.4, 0.5) is 5.82 Å². The Hall–Kier alpha value is -2.58. The van der Waals surface area contributed by atoms with Crippen molar-refractivity contribution in [1.29, 1.82) is 0 Å². The second-order valence-electron chi connectivity index (χ2n) is 6.40. The smallest absolute Gasteiger partial charge is 0.250 e. The fraction of sp³-hybridized carbons (Fsp3) is 0.316. The average molecular weight is 383 g/mol. The van der Waals surface area contributed by atoms with Gasteiger partial charge in [0.1, 0.15) is 5.82 Å². The van der Waals surface area contributed by atoms with Gasteiger partial charge < -0.3 is 20.4 Å². The summed E-state index contributed by atoms with van der Waals surface area (Å²) in [5.74, 6) is 1.92. The molecule has 1 aromatic carbocycles. The van der Waals surface area contributed by atoms with E-state index in [2.05, 4.69) is 22.2 Å². The molecule has 1 aliphatic rings. The minimum atomic E-state index is -0.454. The van der Waals surface area contributed by atoms with Crippen molar-refractivity contribution in [3.63, 3.8) is 0 Å². The lowest BCUT2D eigenvalue weighted by Crippen LogP contribution is -2.37. The lowest BCUT2D eigenvalue weighted by molar-refractivity contribution is 0.100. The number of hydrogen-bond acceptors (Lipinski definition) is 6. The quantitative estimate of drug-likeness (QED) is 0.702. The number of anilines is 1. The first-order valence-electron chi connectivity index (χ1n) is 8.76. The third kappa shape index (κ3) is 3.63. The van der Waals surface area contributed by atoms with Gasteiger partial charge in [0.25, 0.3) is 5.91 Å². The molecule has 4 rings (SSSR count). The van der Waals surface area contributed by atoms with Crippen molar-refractivity contribution in [3.05, 3.63) is 41.7 Å². The third-order valence-electron chi connectivity index (χ3n) is 4.60. The maximum absolute atomic E-state index is 11.7. The number of morpholine rings is 1. The zero-order chi connectivity index (χ0) is 18.8. The zero-order valence-corrected chi connectivity index (χ0v) is 15.9. The van der Waals surface area contributed by atoms with Gasteiger partial charge in [-0.1, -0.05) is 0 Å². The molecule has 0 spiro atoms. The van der Waals surface area contributed by atoms with Gasteiger partial charge in [0.2, 0.25) is 0 Å². The molecule has 1 saturated heterocycles. The molecule has 27 heavy (non-hydrogen) atoms. The molecule has 0 atom stereocenters. The summed E-state index contributed by atoms with van der Waals surface area (Å²) in [6, 6.07) is 7.86. The molecular formula is C19H21N5O2S. The Morgan fingerprint density at radius 1 is 1.30 bits per heavy atom. The van der Waals surface area contributed by atoms with Crippen LogP contribution in [0, 0.1) is 0 Å². The largest absolute Gasteiger partial charge is 0.378 e. The number of aromatic nitrogens is 3. The number of nitrogens with zero attached hydrogens (tertiary/aromatic N) is 3. The molecule has 0 aliphatic carbocycles. The number of amides is 1. The van der Waals surface area contributed by atoms with E-state index >= 15 is 0 Å². The van der Waals surface area contributed by atoms with Crippen molar-refractivity contribution < 1.29 is 9.53 Å². The first-order valence-corrected chi connectivity index (χ1v) is 10.2. The van der Waals surface area contributed by atoms with Crippen LogP contribution in [-0.4, -0.2) is 53.4 Å². The number of carbonyl (C=O) groups is 1. The Labute approximate surface area is 161 Å². The van der Waals surface area contributed by atoms with Gasteiger partial charge in [-0.25, -0.2) is 9.97 Å². The van der Waals surface area contributed by atoms with Gasteiger partial charge in [-0.05, 0) is 24.5 Å². The maximum atomic E-state index is 11.7. The Bertz CT molecular complexity index is 981. The van der Waals surface area contributed by atoms with E-state index in [1.807, 2.05) is 18.2 Å². The van der Waals surface area contributed by atoms with Gasteiger partial charge in [-0.2, -0.15) is 11.8 Å². The molecule has 0 unspecified atom stereocenters. The number of nitrogens with one attached hydrogen (secondary N) is 1. The number of hydrogen-bond donors (Lipinski definition) is 2. The van der Waals surface area contributed by atoms with Gasteiger partial charge in [-0.3, -0.25) is 4.79 Å². The van der Waals surface area contributed by atoms with Crippen LogP contribution in [0.3, 0.4) is 0 Å². The molecule has 0 radical (unpaired) electrons. The van der Waals surface area contributed by atoms with Crippen LogP contribution in [0.15, 0.2) is 30.5 Å². The maximum Gasteiger partial charge on any atom is 0.250 e. The number of benzene rings is 1. The summed E-state index contributed by atoms with van der Waals surface area (Å²) in [6.07, 6.45) is 3.70. The molecule has 8 heteroatoms. The Kier molecular flexibility index (Phi) is 5.00. The molecular weight excluding hydrogens is 362 g/mol. The SMILES string of the molecule is CSCc1cc(N2CCOCC2)nc(-c2ccc3[nH]cc(C(N)=O)c3c2)n1. The van der Waals surface area contributed by atoms with E-state index < -0.39 is 5.91 Å². The van der Waals surface area contributed by atoms with E-state index in [0.717, 1.165) is 46.8 Å². The second-order valence-corrected chi connectivity index (χ2v) is 7.27. The monoisotopic (exact) mass is 383 g/mol. The highest BCUT2D eigenvalue weighted by molar-refractivity contribution is 7.97. The summed E-state index contributed by atoms with van der Waals surface area (Å²) in [7, 11) is 0. The number of H-pyrrole nitrogens is 1. The molecule has 1 fully saturated rings. The summed E-state index contributed by atoms with van der Waals surface area (Å²) in [5.41, 5.74) is 8.67. The normalized spacial score (nSPS) is 14.6. The van der Waals surface area contributed by atoms with Gasteiger partial charge in [0.05, 0.1) is 24.5 Å². The minimum absolute atomic E-state index is 0.454. The number of fused-ring (bicyclic) bond motifs is 1. The van der Waals surface area contributed by atoms with Crippen molar-refractivity contribution >= 4 is 34.4 Å². The van der Waals surface area contributed by atoms with Crippen LogP contribution >= 0.6 is 11.8 Å². The number of primary amides is 1. The highest BCUT2D eigenvalue weighted by atomic mass is 32.2. The second kappa shape index (κ2) is 7.58. The predicted molar refractivity (Wildman–Crippen MR) is 108 cm³/mol. The molecule has 2 aromatic heterocycles. The number of carbonyl (C=O) groups excluding carboxylic acids is 1. The molecule has 0 saturated carbocycles. The summed E-state index contributed by atoms with van der Waals surface area (Å²) in [5, 5.41) is 0.784. The van der Waals surface area contributed by atoms with Crippen LogP contribution in [0.25, 0.3) is 22.3 Å². The number of nitrogens with two attached hydrogens (primary N) is 1. The molecule has 7 nitrogen and oxygen atoms in total. The summed E-state index contributed by atoms with van der Waals surface area (Å²) in [4.78, 5) is 26.5. The van der Waals surface area contributed by atoms with Gasteiger partial charge in [0.15, 0.2) is 5.82 Å². The zero-order valence-electron chi connectivity index (χ0n) is 15.1. The number of thioether (sulfide) groups is 1. The molecule has 1 aliphatic heterocycles. The first-order chi connectivity index (χ1) is 13.2. The fourth-order valence-electron chi connectivity index (χ4n) is 3.25. The van der Waals surface area contributed by atoms with Crippen LogP contribution in [0.1, 0.15) is 16.1 Å². The summed E-state index contributed by atoms with van der Waals surface area (Å²) >= 11 is 1.72. The number of rotatable bonds is 5. The van der Waals surface area contributed by atoms with E-state index in [0.29, 0.717) is 24.6 Å². The summed E-state index contributed by atoms with van der Waals surface area (Å²) < 4.78 is 5.45. The lowest BCUT2D eigenvalue weighted by atomic mass is 10.1. The average Bonchev–Trinajstić information content (AvgIpc) is 3.12. The van der Waals surface area contributed by atoms with E-state index in [1.165, 1.54) is 0 Å². The predicted octanol–water partition coefficient (Wildman–Crippen LogP) is 2.42. The molecule has 3 N–H and O–H groups in total. The Morgan fingerprint density at radius 2 is 2.11 bits per heavy atom. The highest BCUT2D eigenvalue weighted by Crippen LogP contribution is 2.27. The van der Waals surface area contributed by atoms with E-state index in [1.54, 1.807) is 18.0 Å². The van der Waals surface area contributed by atoms with Gasteiger partial charge in [-0.15, -0.1) is 0 Å². The van der Waals surface area contributed by atoms with Crippen molar-refractivity contribution in [2.24, 2.45) is 5.73 Å². The standard InChI is InChI=1S/C19H21N5O2S/c1-27-11-13-9-17(24-4-6-26-7-5-24)23-19(22-13)12-2-3-16-14(8-12)15(10-21-16)18(20)25/h2-3,8-10,21H,4-7,11H2,1H3,(H2,20,25).